The number of benzene rings is 1. The second-order valence-corrected chi connectivity index (χ2v) is 7.51. The van der Waals surface area contributed by atoms with E-state index in [4.69, 9.17) is 0 Å². The summed E-state index contributed by atoms with van der Waals surface area (Å²) in [6.45, 7) is 5.55. The highest BCUT2D eigenvalue weighted by molar-refractivity contribution is 8.00. The van der Waals surface area contributed by atoms with Gasteiger partial charge in [-0.3, -0.25) is 14.0 Å². The number of nitrogens with zero attached hydrogens (tertiary/aromatic N) is 3. The standard InChI is InChI=1S/C19H21N5O2S/c1-12-7-6-8-13(2)17(12)21-16(25)11-20-18(26)14(3)27-19-23-22-15-9-4-5-10-24(15)19/h4-10,14H,11H2,1-3H3,(H,20,26)(H,21,25)/t14-/m1/s1. The van der Waals surface area contributed by atoms with E-state index in [9.17, 15) is 9.59 Å². The first-order valence-corrected chi connectivity index (χ1v) is 9.44. The number of hydrogen-bond acceptors (Lipinski definition) is 5. The normalized spacial score (nSPS) is 12.0. The van der Waals surface area contributed by atoms with Gasteiger partial charge in [0.15, 0.2) is 10.8 Å². The second-order valence-electron chi connectivity index (χ2n) is 6.20. The molecule has 27 heavy (non-hydrogen) atoms. The van der Waals surface area contributed by atoms with Crippen LogP contribution in [0.2, 0.25) is 0 Å². The van der Waals surface area contributed by atoms with Crippen molar-refractivity contribution in [3.63, 3.8) is 0 Å². The molecule has 1 atom stereocenters. The molecular formula is C19H21N5O2S. The lowest BCUT2D eigenvalue weighted by atomic mass is 10.1. The molecule has 2 N–H and O–H groups in total. The van der Waals surface area contributed by atoms with Crippen LogP contribution in [0.25, 0.3) is 5.65 Å². The molecule has 2 amide bonds. The largest absolute Gasteiger partial charge is 0.346 e. The third-order valence-electron chi connectivity index (χ3n) is 4.10. The smallest absolute Gasteiger partial charge is 0.243 e. The Morgan fingerprint density at radius 1 is 1.11 bits per heavy atom. The van der Waals surface area contributed by atoms with Crippen molar-refractivity contribution in [2.75, 3.05) is 11.9 Å². The highest BCUT2D eigenvalue weighted by atomic mass is 32.2. The number of nitrogens with one attached hydrogen (secondary N) is 2. The van der Waals surface area contributed by atoms with Crippen molar-refractivity contribution in [2.45, 2.75) is 31.2 Å². The maximum absolute atomic E-state index is 12.3. The lowest BCUT2D eigenvalue weighted by Crippen LogP contribution is -2.37. The number of aromatic nitrogens is 3. The molecule has 0 aliphatic rings. The minimum Gasteiger partial charge on any atom is -0.346 e. The highest BCUT2D eigenvalue weighted by Gasteiger charge is 2.18. The van der Waals surface area contributed by atoms with Crippen molar-refractivity contribution >= 4 is 34.9 Å². The molecule has 7 nitrogen and oxygen atoms in total. The van der Waals surface area contributed by atoms with Gasteiger partial charge >= 0.3 is 0 Å². The van der Waals surface area contributed by atoms with Gasteiger partial charge in [0, 0.05) is 11.9 Å². The maximum Gasteiger partial charge on any atom is 0.243 e. The number of para-hydroxylation sites is 1. The molecule has 2 heterocycles. The van der Waals surface area contributed by atoms with Gasteiger partial charge in [-0.2, -0.15) is 0 Å². The molecule has 0 bridgehead atoms. The molecule has 0 spiro atoms. The Hall–Kier alpha value is -2.87. The minimum absolute atomic E-state index is 0.0852. The number of amides is 2. The zero-order chi connectivity index (χ0) is 19.4. The zero-order valence-electron chi connectivity index (χ0n) is 15.4. The van der Waals surface area contributed by atoms with E-state index < -0.39 is 5.25 Å². The molecule has 0 saturated heterocycles. The summed E-state index contributed by atoms with van der Waals surface area (Å²) in [4.78, 5) is 24.5. The van der Waals surface area contributed by atoms with Crippen molar-refractivity contribution in [2.24, 2.45) is 0 Å². The van der Waals surface area contributed by atoms with Crippen LogP contribution in [-0.4, -0.2) is 38.2 Å². The Kier molecular flexibility index (Phi) is 5.75. The summed E-state index contributed by atoms with van der Waals surface area (Å²) >= 11 is 1.29. The van der Waals surface area contributed by atoms with E-state index in [1.165, 1.54) is 11.8 Å². The molecule has 3 aromatic rings. The summed E-state index contributed by atoms with van der Waals surface area (Å²) in [6.07, 6.45) is 1.85. The number of carbonyl (C=O) groups is 2. The first-order chi connectivity index (χ1) is 13.0. The van der Waals surface area contributed by atoms with Crippen molar-refractivity contribution in [3.05, 3.63) is 53.7 Å². The van der Waals surface area contributed by atoms with E-state index in [0.717, 1.165) is 22.5 Å². The first-order valence-electron chi connectivity index (χ1n) is 8.56. The molecule has 0 aliphatic carbocycles. The summed E-state index contributed by atoms with van der Waals surface area (Å²) in [5.41, 5.74) is 3.48. The molecule has 0 fully saturated rings. The molecular weight excluding hydrogens is 362 g/mol. The molecule has 0 unspecified atom stereocenters. The van der Waals surface area contributed by atoms with Gasteiger partial charge in [-0.15, -0.1) is 10.2 Å². The van der Waals surface area contributed by atoms with Crippen LogP contribution in [0.15, 0.2) is 47.8 Å². The Bertz CT molecular complexity index is 965. The van der Waals surface area contributed by atoms with Crippen LogP contribution < -0.4 is 10.6 Å². The van der Waals surface area contributed by atoms with Crippen molar-refractivity contribution < 1.29 is 9.59 Å². The molecule has 3 rings (SSSR count). The SMILES string of the molecule is Cc1cccc(C)c1NC(=O)CNC(=O)[C@@H](C)Sc1nnc2ccccn12. The molecule has 2 aromatic heterocycles. The summed E-state index contributed by atoms with van der Waals surface area (Å²) in [5, 5.41) is 13.9. The lowest BCUT2D eigenvalue weighted by molar-refractivity contribution is -0.123. The minimum atomic E-state index is -0.411. The number of thioether (sulfide) groups is 1. The fourth-order valence-electron chi connectivity index (χ4n) is 2.62. The highest BCUT2D eigenvalue weighted by Crippen LogP contribution is 2.22. The van der Waals surface area contributed by atoms with E-state index in [-0.39, 0.29) is 18.4 Å². The van der Waals surface area contributed by atoms with Crippen LogP contribution in [0.5, 0.6) is 0 Å². The fraction of sp³-hybridized carbons (Fsp3) is 0.263. The number of anilines is 1. The van der Waals surface area contributed by atoms with Crippen LogP contribution in [0.3, 0.4) is 0 Å². The Labute approximate surface area is 161 Å². The summed E-state index contributed by atoms with van der Waals surface area (Å²) < 4.78 is 1.82. The van der Waals surface area contributed by atoms with Gasteiger partial charge in [0.1, 0.15) is 0 Å². The van der Waals surface area contributed by atoms with E-state index >= 15 is 0 Å². The third kappa shape index (κ3) is 4.46. The number of fused-ring (bicyclic) bond motifs is 1. The van der Waals surface area contributed by atoms with Crippen LogP contribution in [0, 0.1) is 13.8 Å². The molecule has 1 aromatic carbocycles. The maximum atomic E-state index is 12.3. The predicted octanol–water partition coefficient (Wildman–Crippen LogP) is 2.58. The van der Waals surface area contributed by atoms with Gasteiger partial charge in [-0.05, 0) is 44.0 Å². The summed E-state index contributed by atoms with van der Waals surface area (Å²) in [5.74, 6) is -0.491. The average Bonchev–Trinajstić information content (AvgIpc) is 3.06. The van der Waals surface area contributed by atoms with Crippen LogP contribution in [0.1, 0.15) is 18.1 Å². The second kappa shape index (κ2) is 8.22. The number of rotatable bonds is 6. The first kappa shape index (κ1) is 18.9. The van der Waals surface area contributed by atoms with Gasteiger partial charge in [-0.25, -0.2) is 0 Å². The number of aryl methyl sites for hydroxylation is 2. The predicted molar refractivity (Wildman–Crippen MR) is 106 cm³/mol. The molecule has 140 valence electrons. The summed E-state index contributed by atoms with van der Waals surface area (Å²) in [7, 11) is 0. The quantitative estimate of drug-likeness (QED) is 0.639. The number of carbonyl (C=O) groups excluding carboxylic acids is 2. The fourth-order valence-corrected chi connectivity index (χ4v) is 3.48. The van der Waals surface area contributed by atoms with Gasteiger partial charge in [-0.1, -0.05) is 36.0 Å². The van der Waals surface area contributed by atoms with Crippen LogP contribution in [-0.2, 0) is 9.59 Å². The molecule has 8 heteroatoms. The van der Waals surface area contributed by atoms with Crippen LogP contribution in [0.4, 0.5) is 5.69 Å². The van der Waals surface area contributed by atoms with Gasteiger partial charge in [0.25, 0.3) is 0 Å². The van der Waals surface area contributed by atoms with E-state index in [1.807, 2.05) is 60.8 Å². The zero-order valence-corrected chi connectivity index (χ0v) is 16.2. The van der Waals surface area contributed by atoms with Gasteiger partial charge in [0.2, 0.25) is 11.8 Å². The summed E-state index contributed by atoms with van der Waals surface area (Å²) in [6, 6.07) is 11.4. The number of pyridine rings is 1. The Morgan fingerprint density at radius 3 is 2.59 bits per heavy atom. The Balaban J connectivity index is 1.55. The molecule has 0 radical (unpaired) electrons. The lowest BCUT2D eigenvalue weighted by Gasteiger charge is -2.13. The van der Waals surface area contributed by atoms with Crippen molar-refractivity contribution in [1.29, 1.82) is 0 Å². The van der Waals surface area contributed by atoms with Crippen LogP contribution >= 0.6 is 11.8 Å². The number of hydrogen-bond donors (Lipinski definition) is 2. The van der Waals surface area contributed by atoms with E-state index in [1.54, 1.807) is 6.92 Å². The van der Waals surface area contributed by atoms with Crippen molar-refractivity contribution in [3.8, 4) is 0 Å². The van der Waals surface area contributed by atoms with Crippen molar-refractivity contribution in [1.82, 2.24) is 19.9 Å². The Morgan fingerprint density at radius 2 is 1.85 bits per heavy atom. The van der Waals surface area contributed by atoms with Gasteiger partial charge < -0.3 is 10.6 Å². The molecule has 0 aliphatic heterocycles. The monoisotopic (exact) mass is 383 g/mol. The topological polar surface area (TPSA) is 88.4 Å². The third-order valence-corrected chi connectivity index (χ3v) is 5.16. The molecule has 0 saturated carbocycles. The van der Waals surface area contributed by atoms with Gasteiger partial charge in [0.05, 0.1) is 11.8 Å². The average molecular weight is 383 g/mol. The van der Waals surface area contributed by atoms with E-state index in [0.29, 0.717) is 5.16 Å². The van der Waals surface area contributed by atoms with E-state index in [2.05, 4.69) is 20.8 Å².